The predicted octanol–water partition coefficient (Wildman–Crippen LogP) is 14.6. The van der Waals surface area contributed by atoms with Gasteiger partial charge in [0, 0.05) is 19.0 Å². The van der Waals surface area contributed by atoms with Gasteiger partial charge in [0.05, 0.1) is 17.1 Å². The third-order valence-corrected chi connectivity index (χ3v) is 14.9. The van der Waals surface area contributed by atoms with E-state index in [1.54, 1.807) is 0 Å². The maximum absolute atomic E-state index is 13.2. The molecule has 0 spiro atoms. The number of hydrogen-bond acceptors (Lipinski definition) is 4. The molecule has 3 saturated carbocycles. The van der Waals surface area contributed by atoms with Gasteiger partial charge in [-0.1, -0.05) is 117 Å². The number of carbonyl (C=O) groups excluding carboxylic acids is 1. The van der Waals surface area contributed by atoms with Crippen LogP contribution in [0.1, 0.15) is 199 Å². The van der Waals surface area contributed by atoms with Gasteiger partial charge in [0.1, 0.15) is 17.1 Å². The van der Waals surface area contributed by atoms with Gasteiger partial charge in [0.25, 0.3) is 0 Å². The third-order valence-electron chi connectivity index (χ3n) is 14.9. The van der Waals surface area contributed by atoms with Crippen LogP contribution < -0.4 is 9.64 Å². The molecule has 0 amide bonds. The van der Waals surface area contributed by atoms with E-state index >= 15 is 0 Å². The number of anilines is 1. The summed E-state index contributed by atoms with van der Waals surface area (Å²) in [7, 11) is 0. The summed E-state index contributed by atoms with van der Waals surface area (Å²) in [6.07, 6.45) is 27.7. The Balaban J connectivity index is 1.02. The molecule has 3 aromatic rings. The Hall–Kier alpha value is -2.82. The average Bonchev–Trinajstić information content (AvgIpc) is 3.69. The molecule has 6 rings (SSSR count). The first-order chi connectivity index (χ1) is 27.4. The molecular formula is C51H79N3O2. The molecule has 3 aliphatic rings. The minimum atomic E-state index is -0.0103. The molecule has 2 atom stereocenters. The van der Waals surface area contributed by atoms with E-state index in [0.717, 1.165) is 81.2 Å². The quantitative estimate of drug-likeness (QED) is 0.0919. The van der Waals surface area contributed by atoms with Crippen molar-refractivity contribution < 1.29 is 9.53 Å². The molecule has 56 heavy (non-hydrogen) atoms. The van der Waals surface area contributed by atoms with E-state index in [1.807, 2.05) is 12.1 Å². The summed E-state index contributed by atoms with van der Waals surface area (Å²) >= 11 is 0. The van der Waals surface area contributed by atoms with Crippen molar-refractivity contribution in [3.8, 4) is 5.75 Å². The molecule has 0 aliphatic heterocycles. The monoisotopic (exact) mass is 766 g/mol. The van der Waals surface area contributed by atoms with Crippen LogP contribution in [0.5, 0.6) is 5.75 Å². The fraction of sp³-hybridized carbons (Fsp3) is 0.725. The summed E-state index contributed by atoms with van der Waals surface area (Å²) in [6, 6.07) is 15.3. The molecule has 5 nitrogen and oxygen atoms in total. The molecule has 0 bridgehead atoms. The lowest BCUT2D eigenvalue weighted by Crippen LogP contribution is -2.34. The fourth-order valence-electron chi connectivity index (χ4n) is 11.1. The first kappa shape index (κ1) is 42.8. The maximum atomic E-state index is 13.2. The summed E-state index contributed by atoms with van der Waals surface area (Å²) in [6.45, 7) is 14.0. The number of imidazole rings is 1. The van der Waals surface area contributed by atoms with Crippen molar-refractivity contribution in [1.29, 1.82) is 0 Å². The number of aromatic nitrogens is 2. The number of nitrogens with zero attached hydrogens (tertiary/aromatic N) is 2. The zero-order valence-electron chi connectivity index (χ0n) is 36.3. The second-order valence-corrected chi connectivity index (χ2v) is 18.8. The number of benzene rings is 2. The van der Waals surface area contributed by atoms with Crippen LogP contribution in [0.2, 0.25) is 0 Å². The van der Waals surface area contributed by atoms with Crippen LogP contribution in [-0.4, -0.2) is 29.0 Å². The average molecular weight is 766 g/mol. The number of aromatic amines is 1. The van der Waals surface area contributed by atoms with Gasteiger partial charge in [-0.2, -0.15) is 0 Å². The highest BCUT2D eigenvalue weighted by molar-refractivity contribution is 5.89. The summed E-state index contributed by atoms with van der Waals surface area (Å²) < 4.78 is 5.98. The van der Waals surface area contributed by atoms with Crippen molar-refractivity contribution >= 4 is 22.7 Å². The van der Waals surface area contributed by atoms with Crippen molar-refractivity contribution in [1.82, 2.24) is 9.97 Å². The molecule has 1 N–H and O–H groups in total. The lowest BCUT2D eigenvalue weighted by Gasteiger charge is -2.37. The highest BCUT2D eigenvalue weighted by atomic mass is 16.5. The highest BCUT2D eigenvalue weighted by Crippen LogP contribution is 2.44. The number of unbranched alkanes of at least 4 members (excludes halogenated alkanes) is 2. The van der Waals surface area contributed by atoms with Gasteiger partial charge in [-0.05, 0) is 142 Å². The Kier molecular flexibility index (Phi) is 16.7. The standard InChI is InChI=1S/C51H79N3O2/c1-6-11-15-37(9-4)35-54(36-38(10-5)16-12-7-2)48-18-13-17-47-49(48)53-50(52-47)44-27-23-41(24-28-44)43-31-33-46(34-32-43)56-51(55)45-29-25-42(26-30-45)40-21-19-39(14-8-3)20-22-40/h13,17-18,31-34,37-42,44-45H,6-12,14-16,19-30,35-36H2,1-5H3,(H,52,53). The molecule has 1 heterocycles. The topological polar surface area (TPSA) is 58.2 Å². The van der Waals surface area contributed by atoms with Gasteiger partial charge < -0.3 is 14.6 Å². The van der Waals surface area contributed by atoms with Crippen molar-refractivity contribution in [2.24, 2.45) is 35.5 Å². The maximum Gasteiger partial charge on any atom is 0.314 e. The number of ether oxygens (including phenoxy) is 1. The van der Waals surface area contributed by atoms with E-state index in [0.29, 0.717) is 17.6 Å². The fourth-order valence-corrected chi connectivity index (χ4v) is 11.1. The predicted molar refractivity (Wildman–Crippen MR) is 237 cm³/mol. The molecule has 2 aromatic carbocycles. The number of carbonyl (C=O) groups is 1. The van der Waals surface area contributed by atoms with Crippen molar-refractivity contribution in [3.63, 3.8) is 0 Å². The van der Waals surface area contributed by atoms with E-state index in [-0.39, 0.29) is 11.9 Å². The van der Waals surface area contributed by atoms with E-state index in [4.69, 9.17) is 9.72 Å². The van der Waals surface area contributed by atoms with Gasteiger partial charge in [0.2, 0.25) is 0 Å². The number of H-pyrrole nitrogens is 1. The van der Waals surface area contributed by atoms with Crippen molar-refractivity contribution in [2.45, 2.75) is 188 Å². The van der Waals surface area contributed by atoms with E-state index in [1.165, 1.54) is 131 Å². The summed E-state index contributed by atoms with van der Waals surface area (Å²) in [5, 5.41) is 0. The van der Waals surface area contributed by atoms with Gasteiger partial charge in [0.15, 0.2) is 0 Å². The van der Waals surface area contributed by atoms with E-state index in [9.17, 15) is 4.79 Å². The Labute approximate surface area is 341 Å². The van der Waals surface area contributed by atoms with Crippen LogP contribution in [0.15, 0.2) is 42.5 Å². The highest BCUT2D eigenvalue weighted by Gasteiger charge is 2.34. The molecule has 0 radical (unpaired) electrons. The van der Waals surface area contributed by atoms with Crippen LogP contribution in [0.4, 0.5) is 5.69 Å². The number of rotatable bonds is 20. The molecule has 3 aliphatic carbocycles. The molecule has 3 fully saturated rings. The van der Waals surface area contributed by atoms with Gasteiger partial charge in [-0.3, -0.25) is 4.79 Å². The number of nitrogens with one attached hydrogen (secondary N) is 1. The lowest BCUT2D eigenvalue weighted by molar-refractivity contribution is -0.140. The van der Waals surface area contributed by atoms with Crippen LogP contribution >= 0.6 is 0 Å². The minimum Gasteiger partial charge on any atom is -0.426 e. The second kappa shape index (κ2) is 21.8. The smallest absolute Gasteiger partial charge is 0.314 e. The summed E-state index contributed by atoms with van der Waals surface area (Å²) in [5.74, 6) is 7.07. The first-order valence-electron chi connectivity index (χ1n) is 24.0. The summed E-state index contributed by atoms with van der Waals surface area (Å²) in [4.78, 5) is 25.2. The first-order valence-corrected chi connectivity index (χ1v) is 24.0. The number of para-hydroxylation sites is 1. The van der Waals surface area contributed by atoms with E-state index in [2.05, 4.69) is 74.8 Å². The Morgan fingerprint density at radius 2 is 1.30 bits per heavy atom. The molecule has 5 heteroatoms. The van der Waals surface area contributed by atoms with Crippen LogP contribution in [0.25, 0.3) is 11.0 Å². The lowest BCUT2D eigenvalue weighted by atomic mass is 9.69. The van der Waals surface area contributed by atoms with E-state index < -0.39 is 0 Å². The number of fused-ring (bicyclic) bond motifs is 1. The second-order valence-electron chi connectivity index (χ2n) is 18.8. The van der Waals surface area contributed by atoms with Crippen LogP contribution in [0.3, 0.4) is 0 Å². The molecule has 2 unspecified atom stereocenters. The SMILES string of the molecule is CCCCC(CC)CN(CC(CC)CCCC)c1cccc2[nH]c(C3CCC(c4ccc(OC(=O)C5CCC(C6CCC(CCC)CC6)CC5)cc4)CC3)nc12. The Morgan fingerprint density at radius 3 is 1.88 bits per heavy atom. The van der Waals surface area contributed by atoms with Gasteiger partial charge >= 0.3 is 5.97 Å². The Bertz CT molecular complexity index is 1550. The number of hydrogen-bond donors (Lipinski definition) is 1. The Morgan fingerprint density at radius 1 is 0.714 bits per heavy atom. The van der Waals surface area contributed by atoms with Crippen molar-refractivity contribution in [2.75, 3.05) is 18.0 Å². The van der Waals surface area contributed by atoms with Crippen LogP contribution in [0, 0.1) is 35.5 Å². The molecule has 0 saturated heterocycles. The zero-order chi connectivity index (χ0) is 39.3. The molecular weight excluding hydrogens is 687 g/mol. The van der Waals surface area contributed by atoms with Gasteiger partial charge in [-0.15, -0.1) is 0 Å². The summed E-state index contributed by atoms with van der Waals surface area (Å²) in [5.41, 5.74) is 5.07. The number of esters is 1. The van der Waals surface area contributed by atoms with Gasteiger partial charge in [-0.25, -0.2) is 4.98 Å². The minimum absolute atomic E-state index is 0.0103. The molecule has 310 valence electrons. The largest absolute Gasteiger partial charge is 0.426 e. The zero-order valence-corrected chi connectivity index (χ0v) is 36.3. The normalized spacial score (nSPS) is 25.5. The van der Waals surface area contributed by atoms with Crippen LogP contribution in [-0.2, 0) is 4.79 Å². The third kappa shape index (κ3) is 11.4. The van der Waals surface area contributed by atoms with Crippen molar-refractivity contribution in [3.05, 3.63) is 53.9 Å². The molecule has 1 aromatic heterocycles.